The number of aliphatic hydroxyl groups excluding tert-OH is 1. The van der Waals surface area contributed by atoms with Crippen LogP contribution in [0.2, 0.25) is 0 Å². The molecular weight excluding hydrogens is 319 g/mol. The Bertz CT molecular complexity index is 559. The molecule has 2 fully saturated rings. The average Bonchev–Trinajstić information content (AvgIpc) is 3.03. The van der Waals surface area contributed by atoms with Crippen molar-refractivity contribution >= 4 is 5.69 Å². The summed E-state index contributed by atoms with van der Waals surface area (Å²) in [6, 6.07) is 4.22. The predicted octanol–water partition coefficient (Wildman–Crippen LogP) is 2.07. The SMILES string of the molecule is OCC1CCCN1c1cc(CN2CCNCC2)ccc1C(F)(F)F. The number of aliphatic hydroxyl groups is 1. The van der Waals surface area contributed by atoms with Gasteiger partial charge in [0.2, 0.25) is 0 Å². The molecule has 24 heavy (non-hydrogen) atoms. The standard InChI is InChI=1S/C17H24F3N3O/c18-17(19,20)15-4-3-13(11-22-8-5-21-6-9-22)10-16(15)23-7-1-2-14(23)12-24/h3-4,10,14,21,24H,1-2,5-9,11-12H2. The number of alkyl halides is 3. The maximum absolute atomic E-state index is 13.4. The number of benzene rings is 1. The maximum atomic E-state index is 13.4. The van der Waals surface area contributed by atoms with E-state index in [4.69, 9.17) is 0 Å². The van der Waals surface area contributed by atoms with E-state index < -0.39 is 11.7 Å². The number of hydrogen-bond donors (Lipinski definition) is 2. The maximum Gasteiger partial charge on any atom is 0.418 e. The summed E-state index contributed by atoms with van der Waals surface area (Å²) in [5.74, 6) is 0. The molecule has 0 radical (unpaired) electrons. The highest BCUT2D eigenvalue weighted by atomic mass is 19.4. The number of nitrogens with one attached hydrogen (secondary N) is 1. The number of rotatable bonds is 4. The van der Waals surface area contributed by atoms with Crippen LogP contribution in [0.3, 0.4) is 0 Å². The van der Waals surface area contributed by atoms with Crippen LogP contribution in [0.15, 0.2) is 18.2 Å². The van der Waals surface area contributed by atoms with E-state index in [9.17, 15) is 18.3 Å². The van der Waals surface area contributed by atoms with Gasteiger partial charge in [0.15, 0.2) is 0 Å². The molecule has 0 amide bonds. The number of halogens is 3. The number of anilines is 1. The zero-order valence-electron chi connectivity index (χ0n) is 13.6. The van der Waals surface area contributed by atoms with Crippen LogP contribution in [0.4, 0.5) is 18.9 Å². The van der Waals surface area contributed by atoms with Crippen molar-refractivity contribution in [2.45, 2.75) is 31.6 Å². The Kier molecular flexibility index (Phi) is 5.32. The Morgan fingerprint density at radius 2 is 1.92 bits per heavy atom. The summed E-state index contributed by atoms with van der Waals surface area (Å²) in [7, 11) is 0. The lowest BCUT2D eigenvalue weighted by Crippen LogP contribution is -2.43. The quantitative estimate of drug-likeness (QED) is 0.878. The van der Waals surface area contributed by atoms with Gasteiger partial charge in [0.25, 0.3) is 0 Å². The lowest BCUT2D eigenvalue weighted by atomic mass is 10.1. The highest BCUT2D eigenvalue weighted by Gasteiger charge is 2.37. The first-order valence-corrected chi connectivity index (χ1v) is 8.50. The molecule has 7 heteroatoms. The van der Waals surface area contributed by atoms with E-state index in [0.29, 0.717) is 13.1 Å². The van der Waals surface area contributed by atoms with Gasteiger partial charge in [0.05, 0.1) is 18.2 Å². The van der Waals surface area contributed by atoms with Crippen LogP contribution in [0, 0.1) is 0 Å². The van der Waals surface area contributed by atoms with Crippen molar-refractivity contribution in [1.82, 2.24) is 10.2 Å². The lowest BCUT2D eigenvalue weighted by molar-refractivity contribution is -0.137. The van der Waals surface area contributed by atoms with E-state index in [1.807, 2.05) is 0 Å². The van der Waals surface area contributed by atoms with Gasteiger partial charge in [0, 0.05) is 45.0 Å². The second-order valence-corrected chi connectivity index (χ2v) is 6.55. The minimum absolute atomic E-state index is 0.112. The summed E-state index contributed by atoms with van der Waals surface area (Å²) in [6.07, 6.45) is -2.84. The fraction of sp³-hybridized carbons (Fsp3) is 0.647. The first-order chi connectivity index (χ1) is 11.5. The van der Waals surface area contributed by atoms with Crippen molar-refractivity contribution in [1.29, 1.82) is 0 Å². The summed E-state index contributed by atoms with van der Waals surface area (Å²) in [5, 5.41) is 12.8. The Hall–Kier alpha value is -1.31. The van der Waals surface area contributed by atoms with Gasteiger partial charge < -0.3 is 15.3 Å². The average molecular weight is 343 g/mol. The minimum Gasteiger partial charge on any atom is -0.394 e. The Morgan fingerprint density at radius 1 is 1.17 bits per heavy atom. The Morgan fingerprint density at radius 3 is 2.58 bits per heavy atom. The van der Waals surface area contributed by atoms with Gasteiger partial charge in [-0.05, 0) is 30.5 Å². The van der Waals surface area contributed by atoms with Crippen LogP contribution >= 0.6 is 0 Å². The van der Waals surface area contributed by atoms with Crippen LogP contribution in [0.1, 0.15) is 24.0 Å². The van der Waals surface area contributed by atoms with Crippen molar-refractivity contribution in [2.75, 3.05) is 44.2 Å². The van der Waals surface area contributed by atoms with Crippen LogP contribution in [-0.4, -0.2) is 55.4 Å². The molecule has 0 spiro atoms. The van der Waals surface area contributed by atoms with E-state index in [2.05, 4.69) is 10.2 Å². The zero-order valence-corrected chi connectivity index (χ0v) is 13.6. The first-order valence-electron chi connectivity index (χ1n) is 8.50. The highest BCUT2D eigenvalue weighted by Crippen LogP contribution is 2.39. The van der Waals surface area contributed by atoms with Gasteiger partial charge in [-0.3, -0.25) is 4.90 Å². The van der Waals surface area contributed by atoms with Gasteiger partial charge in [-0.15, -0.1) is 0 Å². The van der Waals surface area contributed by atoms with Gasteiger partial charge in [-0.1, -0.05) is 6.07 Å². The molecule has 0 aromatic heterocycles. The van der Waals surface area contributed by atoms with E-state index in [1.165, 1.54) is 6.07 Å². The van der Waals surface area contributed by atoms with Crippen LogP contribution in [-0.2, 0) is 12.7 Å². The molecule has 4 nitrogen and oxygen atoms in total. The van der Waals surface area contributed by atoms with Gasteiger partial charge in [0.1, 0.15) is 0 Å². The molecule has 1 atom stereocenters. The molecule has 1 aromatic rings. The van der Waals surface area contributed by atoms with Crippen LogP contribution < -0.4 is 10.2 Å². The number of piperazine rings is 1. The normalized spacial score (nSPS) is 23.0. The van der Waals surface area contributed by atoms with E-state index in [-0.39, 0.29) is 18.3 Å². The molecule has 2 N–H and O–H groups in total. The van der Waals surface area contributed by atoms with Gasteiger partial charge in [-0.2, -0.15) is 13.2 Å². The van der Waals surface area contributed by atoms with E-state index >= 15 is 0 Å². The second kappa shape index (κ2) is 7.29. The molecule has 2 aliphatic rings. The van der Waals surface area contributed by atoms with Crippen molar-refractivity contribution in [3.63, 3.8) is 0 Å². The van der Waals surface area contributed by atoms with Crippen molar-refractivity contribution in [3.05, 3.63) is 29.3 Å². The molecule has 2 aliphatic heterocycles. The molecule has 3 rings (SSSR count). The third-order valence-corrected chi connectivity index (χ3v) is 4.88. The summed E-state index contributed by atoms with van der Waals surface area (Å²) < 4.78 is 40.2. The molecule has 0 saturated carbocycles. The largest absolute Gasteiger partial charge is 0.418 e. The summed E-state index contributed by atoms with van der Waals surface area (Å²) in [5.41, 5.74) is 0.502. The minimum atomic E-state index is -4.38. The summed E-state index contributed by atoms with van der Waals surface area (Å²) in [6.45, 7) is 4.73. The van der Waals surface area contributed by atoms with E-state index in [0.717, 1.165) is 44.6 Å². The molecule has 2 saturated heterocycles. The van der Waals surface area contributed by atoms with Crippen LogP contribution in [0.25, 0.3) is 0 Å². The topological polar surface area (TPSA) is 38.7 Å². The molecule has 0 aliphatic carbocycles. The molecule has 134 valence electrons. The zero-order chi connectivity index (χ0) is 17.2. The monoisotopic (exact) mass is 343 g/mol. The summed E-state index contributed by atoms with van der Waals surface area (Å²) in [4.78, 5) is 3.97. The molecule has 1 unspecified atom stereocenters. The van der Waals surface area contributed by atoms with Crippen molar-refractivity contribution in [3.8, 4) is 0 Å². The fourth-order valence-corrected chi connectivity index (χ4v) is 3.62. The fourth-order valence-electron chi connectivity index (χ4n) is 3.62. The van der Waals surface area contributed by atoms with Crippen molar-refractivity contribution in [2.24, 2.45) is 0 Å². The third kappa shape index (κ3) is 3.84. The second-order valence-electron chi connectivity index (χ2n) is 6.55. The molecular formula is C17H24F3N3O. The third-order valence-electron chi connectivity index (χ3n) is 4.88. The smallest absolute Gasteiger partial charge is 0.394 e. The predicted molar refractivity (Wildman–Crippen MR) is 87.0 cm³/mol. The first kappa shape index (κ1) is 17.5. The lowest BCUT2D eigenvalue weighted by Gasteiger charge is -2.30. The van der Waals surface area contributed by atoms with Crippen molar-refractivity contribution < 1.29 is 18.3 Å². The summed E-state index contributed by atoms with van der Waals surface area (Å²) >= 11 is 0. The van der Waals surface area contributed by atoms with Gasteiger partial charge in [-0.25, -0.2) is 0 Å². The number of nitrogens with zero attached hydrogens (tertiary/aromatic N) is 2. The highest BCUT2D eigenvalue weighted by molar-refractivity contribution is 5.58. The molecule has 1 aromatic carbocycles. The molecule has 2 heterocycles. The number of hydrogen-bond acceptors (Lipinski definition) is 4. The van der Waals surface area contributed by atoms with E-state index in [1.54, 1.807) is 17.0 Å². The Balaban J connectivity index is 1.88. The van der Waals surface area contributed by atoms with Crippen LogP contribution in [0.5, 0.6) is 0 Å². The molecule has 0 bridgehead atoms. The Labute approximate surface area is 140 Å². The van der Waals surface area contributed by atoms with Gasteiger partial charge >= 0.3 is 6.18 Å².